The zero-order chi connectivity index (χ0) is 13.9. The van der Waals surface area contributed by atoms with Gasteiger partial charge in [0.25, 0.3) is 0 Å². The molecular weight excluding hydrogens is 240 g/mol. The molecule has 1 N–H and O–H groups in total. The van der Waals surface area contributed by atoms with E-state index < -0.39 is 5.54 Å². The van der Waals surface area contributed by atoms with Crippen molar-refractivity contribution in [1.29, 1.82) is 0 Å². The van der Waals surface area contributed by atoms with Crippen molar-refractivity contribution in [2.45, 2.75) is 64.0 Å². The van der Waals surface area contributed by atoms with Crippen LogP contribution in [0.5, 0.6) is 0 Å². The summed E-state index contributed by atoms with van der Waals surface area (Å²) in [5.74, 6) is 0.120. The molecule has 1 saturated heterocycles. The standard InChI is InChI=1S/C15H24N2O2/c1-3-15(4-2)14(19)17(11-10-13(18)16-15)12-8-6-5-7-9-12/h5-6,12H,3-4,7-11H2,1-2H3,(H,16,18). The molecular formula is C15H24N2O2. The Morgan fingerprint density at radius 1 is 1.32 bits per heavy atom. The quantitative estimate of drug-likeness (QED) is 0.793. The van der Waals surface area contributed by atoms with Crippen LogP contribution in [0.4, 0.5) is 0 Å². The van der Waals surface area contributed by atoms with Gasteiger partial charge in [-0.15, -0.1) is 0 Å². The lowest BCUT2D eigenvalue weighted by Crippen LogP contribution is -2.58. The number of carbonyl (C=O) groups is 2. The Morgan fingerprint density at radius 2 is 2.05 bits per heavy atom. The fraction of sp³-hybridized carbons (Fsp3) is 0.733. The van der Waals surface area contributed by atoms with Gasteiger partial charge in [0.2, 0.25) is 11.8 Å². The third kappa shape index (κ3) is 2.67. The van der Waals surface area contributed by atoms with E-state index in [1.165, 1.54) is 0 Å². The SMILES string of the molecule is CCC1(CC)NC(=O)CCN(C2CC=CCC2)C1=O. The fourth-order valence-electron chi connectivity index (χ4n) is 3.12. The second-order valence-electron chi connectivity index (χ2n) is 5.52. The van der Waals surface area contributed by atoms with E-state index in [1.807, 2.05) is 18.7 Å². The second-order valence-corrected chi connectivity index (χ2v) is 5.52. The van der Waals surface area contributed by atoms with Crippen molar-refractivity contribution >= 4 is 11.8 Å². The lowest BCUT2D eigenvalue weighted by molar-refractivity contribution is -0.141. The van der Waals surface area contributed by atoms with Gasteiger partial charge in [-0.05, 0) is 32.1 Å². The smallest absolute Gasteiger partial charge is 0.248 e. The molecule has 1 unspecified atom stereocenters. The Balaban J connectivity index is 2.25. The first-order chi connectivity index (χ1) is 9.13. The molecule has 19 heavy (non-hydrogen) atoms. The minimum absolute atomic E-state index is 0.00546. The van der Waals surface area contributed by atoms with E-state index in [1.54, 1.807) is 0 Å². The zero-order valence-electron chi connectivity index (χ0n) is 11.9. The van der Waals surface area contributed by atoms with Gasteiger partial charge in [0.05, 0.1) is 0 Å². The molecule has 2 rings (SSSR count). The summed E-state index contributed by atoms with van der Waals surface area (Å²) in [7, 11) is 0. The molecule has 1 aliphatic heterocycles. The van der Waals surface area contributed by atoms with Crippen molar-refractivity contribution < 1.29 is 9.59 Å². The summed E-state index contributed by atoms with van der Waals surface area (Å²) in [5, 5.41) is 2.96. The minimum Gasteiger partial charge on any atom is -0.342 e. The Bertz CT molecular complexity index is 386. The van der Waals surface area contributed by atoms with Gasteiger partial charge >= 0.3 is 0 Å². The van der Waals surface area contributed by atoms with Gasteiger partial charge in [-0.2, -0.15) is 0 Å². The van der Waals surface area contributed by atoms with Crippen molar-refractivity contribution in [3.8, 4) is 0 Å². The maximum atomic E-state index is 12.9. The Kier molecular flexibility index (Phi) is 4.27. The molecule has 2 aliphatic rings. The summed E-state index contributed by atoms with van der Waals surface area (Å²) < 4.78 is 0. The highest BCUT2D eigenvalue weighted by atomic mass is 16.2. The molecule has 0 spiro atoms. The summed E-state index contributed by atoms with van der Waals surface area (Å²) in [6.07, 6.45) is 9.04. The van der Waals surface area contributed by atoms with E-state index in [0.717, 1.165) is 19.3 Å². The van der Waals surface area contributed by atoms with Gasteiger partial charge in [-0.1, -0.05) is 26.0 Å². The first-order valence-electron chi connectivity index (χ1n) is 7.40. The van der Waals surface area contributed by atoms with Crippen LogP contribution in [0.2, 0.25) is 0 Å². The zero-order valence-corrected chi connectivity index (χ0v) is 11.9. The molecule has 4 nitrogen and oxygen atoms in total. The second kappa shape index (κ2) is 5.76. The number of amides is 2. The van der Waals surface area contributed by atoms with Crippen LogP contribution >= 0.6 is 0 Å². The number of nitrogens with zero attached hydrogens (tertiary/aromatic N) is 1. The van der Waals surface area contributed by atoms with E-state index in [0.29, 0.717) is 25.8 Å². The Labute approximate surface area is 115 Å². The topological polar surface area (TPSA) is 49.4 Å². The van der Waals surface area contributed by atoms with Gasteiger partial charge in [0.15, 0.2) is 0 Å². The molecule has 2 amide bonds. The van der Waals surface area contributed by atoms with Gasteiger partial charge in [-0.3, -0.25) is 9.59 Å². The highest BCUT2D eigenvalue weighted by molar-refractivity contribution is 5.93. The van der Waals surface area contributed by atoms with E-state index in [-0.39, 0.29) is 17.9 Å². The van der Waals surface area contributed by atoms with Crippen molar-refractivity contribution in [2.75, 3.05) is 6.54 Å². The predicted molar refractivity (Wildman–Crippen MR) is 74.6 cm³/mol. The van der Waals surface area contributed by atoms with Crippen LogP contribution in [-0.4, -0.2) is 34.8 Å². The summed E-state index contributed by atoms with van der Waals surface area (Å²) in [4.78, 5) is 26.7. The fourth-order valence-corrected chi connectivity index (χ4v) is 3.12. The minimum atomic E-state index is -0.686. The van der Waals surface area contributed by atoms with Crippen LogP contribution in [0.25, 0.3) is 0 Å². The average molecular weight is 264 g/mol. The van der Waals surface area contributed by atoms with E-state index in [4.69, 9.17) is 0 Å². The number of hydrogen-bond donors (Lipinski definition) is 1. The molecule has 1 heterocycles. The first kappa shape index (κ1) is 14.1. The van der Waals surface area contributed by atoms with E-state index in [2.05, 4.69) is 17.5 Å². The van der Waals surface area contributed by atoms with Crippen molar-refractivity contribution in [2.24, 2.45) is 0 Å². The van der Waals surface area contributed by atoms with Crippen LogP contribution in [0.15, 0.2) is 12.2 Å². The number of hydrogen-bond acceptors (Lipinski definition) is 2. The van der Waals surface area contributed by atoms with Crippen LogP contribution in [-0.2, 0) is 9.59 Å². The molecule has 0 bridgehead atoms. The third-order valence-electron chi connectivity index (χ3n) is 4.52. The lowest BCUT2D eigenvalue weighted by Gasteiger charge is -2.38. The molecule has 0 aromatic rings. The molecule has 0 radical (unpaired) electrons. The van der Waals surface area contributed by atoms with Crippen LogP contribution in [0.3, 0.4) is 0 Å². The molecule has 106 valence electrons. The highest BCUT2D eigenvalue weighted by Crippen LogP contribution is 2.27. The maximum absolute atomic E-state index is 12.9. The lowest BCUT2D eigenvalue weighted by atomic mass is 9.89. The third-order valence-corrected chi connectivity index (χ3v) is 4.52. The normalized spacial score (nSPS) is 27.1. The first-order valence-corrected chi connectivity index (χ1v) is 7.40. The summed E-state index contributed by atoms with van der Waals surface area (Å²) >= 11 is 0. The van der Waals surface area contributed by atoms with Gasteiger partial charge in [0.1, 0.15) is 5.54 Å². The molecule has 1 aliphatic carbocycles. The number of rotatable bonds is 3. The molecule has 1 fully saturated rings. The summed E-state index contributed by atoms with van der Waals surface area (Å²) in [6, 6.07) is 0.266. The molecule has 1 atom stereocenters. The van der Waals surface area contributed by atoms with Crippen molar-refractivity contribution in [3.05, 3.63) is 12.2 Å². The largest absolute Gasteiger partial charge is 0.342 e. The van der Waals surface area contributed by atoms with Gasteiger partial charge < -0.3 is 10.2 Å². The summed E-state index contributed by atoms with van der Waals surface area (Å²) in [5.41, 5.74) is -0.686. The van der Waals surface area contributed by atoms with Gasteiger partial charge in [0, 0.05) is 19.0 Å². The van der Waals surface area contributed by atoms with Crippen molar-refractivity contribution in [1.82, 2.24) is 10.2 Å². The van der Waals surface area contributed by atoms with Crippen molar-refractivity contribution in [3.63, 3.8) is 0 Å². The Hall–Kier alpha value is -1.32. The number of allylic oxidation sites excluding steroid dienone is 1. The van der Waals surface area contributed by atoms with Crippen LogP contribution in [0.1, 0.15) is 52.4 Å². The summed E-state index contributed by atoms with van der Waals surface area (Å²) in [6.45, 7) is 4.52. The van der Waals surface area contributed by atoms with Crippen LogP contribution < -0.4 is 5.32 Å². The predicted octanol–water partition coefficient (Wildman–Crippen LogP) is 2.00. The van der Waals surface area contributed by atoms with Crippen LogP contribution in [0, 0.1) is 0 Å². The molecule has 0 aromatic carbocycles. The average Bonchev–Trinajstić information content (AvgIpc) is 2.57. The molecule has 0 aromatic heterocycles. The Morgan fingerprint density at radius 3 is 2.63 bits per heavy atom. The van der Waals surface area contributed by atoms with E-state index in [9.17, 15) is 9.59 Å². The highest BCUT2D eigenvalue weighted by Gasteiger charge is 2.43. The monoisotopic (exact) mass is 264 g/mol. The van der Waals surface area contributed by atoms with Gasteiger partial charge in [-0.25, -0.2) is 0 Å². The molecule has 0 saturated carbocycles. The van der Waals surface area contributed by atoms with E-state index >= 15 is 0 Å². The maximum Gasteiger partial charge on any atom is 0.248 e. The molecule has 4 heteroatoms. The number of carbonyl (C=O) groups excluding carboxylic acids is 2. The number of nitrogens with one attached hydrogen (secondary N) is 1.